The zero-order chi connectivity index (χ0) is 16.4. The standard InChI is InChI=1S/C22H20N2/c1-17-5-4-8-21(13-17)23-14-18-9-11-22(12-10-18)24-15-19-6-2-3-7-20(19)16-24/h2-14H,15-16H2,1H3. The molecule has 1 heterocycles. The summed E-state index contributed by atoms with van der Waals surface area (Å²) < 4.78 is 0. The van der Waals surface area contributed by atoms with Crippen LogP contribution in [0.2, 0.25) is 0 Å². The Morgan fingerprint density at radius 1 is 0.833 bits per heavy atom. The Kier molecular flexibility index (Phi) is 3.87. The molecule has 0 spiro atoms. The minimum absolute atomic E-state index is 0.993. The van der Waals surface area contributed by atoms with Crippen molar-refractivity contribution in [2.45, 2.75) is 20.0 Å². The number of rotatable bonds is 3. The van der Waals surface area contributed by atoms with Gasteiger partial charge in [0.1, 0.15) is 0 Å². The summed E-state index contributed by atoms with van der Waals surface area (Å²) in [5, 5.41) is 0. The van der Waals surface area contributed by atoms with Gasteiger partial charge in [0.25, 0.3) is 0 Å². The Bertz CT molecular complexity index is 853. The van der Waals surface area contributed by atoms with Crippen LogP contribution < -0.4 is 4.90 Å². The number of fused-ring (bicyclic) bond motifs is 1. The molecule has 4 rings (SSSR count). The van der Waals surface area contributed by atoms with Gasteiger partial charge in [-0.2, -0.15) is 0 Å². The van der Waals surface area contributed by atoms with E-state index in [1.807, 2.05) is 18.3 Å². The highest BCUT2D eigenvalue weighted by Gasteiger charge is 2.18. The van der Waals surface area contributed by atoms with Crippen LogP contribution in [0.3, 0.4) is 0 Å². The van der Waals surface area contributed by atoms with Crippen molar-refractivity contribution >= 4 is 17.6 Å². The average Bonchev–Trinajstić information content (AvgIpc) is 3.05. The summed E-state index contributed by atoms with van der Waals surface area (Å²) in [6.07, 6.45) is 1.93. The van der Waals surface area contributed by atoms with E-state index in [2.05, 4.69) is 77.5 Å². The van der Waals surface area contributed by atoms with Crippen LogP contribution in [-0.2, 0) is 13.1 Å². The molecule has 3 aromatic rings. The first-order chi connectivity index (χ1) is 11.8. The molecule has 0 aromatic heterocycles. The van der Waals surface area contributed by atoms with Crippen LogP contribution in [0.5, 0.6) is 0 Å². The van der Waals surface area contributed by atoms with Crippen molar-refractivity contribution in [1.82, 2.24) is 0 Å². The van der Waals surface area contributed by atoms with E-state index < -0.39 is 0 Å². The molecule has 0 saturated heterocycles. The van der Waals surface area contributed by atoms with Gasteiger partial charge in [-0.3, -0.25) is 4.99 Å². The lowest BCUT2D eigenvalue weighted by Crippen LogP contribution is -2.14. The molecule has 2 heteroatoms. The molecule has 0 amide bonds. The van der Waals surface area contributed by atoms with E-state index in [9.17, 15) is 0 Å². The van der Waals surface area contributed by atoms with Crippen LogP contribution in [0, 0.1) is 6.92 Å². The smallest absolute Gasteiger partial charge is 0.0632 e. The van der Waals surface area contributed by atoms with E-state index in [0.29, 0.717) is 0 Å². The molecule has 2 nitrogen and oxygen atoms in total. The summed E-state index contributed by atoms with van der Waals surface area (Å²) in [5.41, 5.74) is 7.48. The lowest BCUT2D eigenvalue weighted by atomic mass is 10.1. The maximum atomic E-state index is 4.56. The van der Waals surface area contributed by atoms with Crippen molar-refractivity contribution in [3.05, 3.63) is 95.1 Å². The Morgan fingerprint density at radius 2 is 1.54 bits per heavy atom. The molecule has 0 saturated carbocycles. The van der Waals surface area contributed by atoms with Crippen LogP contribution in [0.1, 0.15) is 22.3 Å². The van der Waals surface area contributed by atoms with Crippen molar-refractivity contribution in [1.29, 1.82) is 0 Å². The van der Waals surface area contributed by atoms with E-state index >= 15 is 0 Å². The molecule has 0 aliphatic carbocycles. The molecule has 0 bridgehead atoms. The van der Waals surface area contributed by atoms with Gasteiger partial charge in [-0.15, -0.1) is 0 Å². The molecule has 0 N–H and O–H groups in total. The molecule has 0 unspecified atom stereocenters. The highest BCUT2D eigenvalue weighted by atomic mass is 15.1. The molecule has 0 fully saturated rings. The highest BCUT2D eigenvalue weighted by molar-refractivity contribution is 5.82. The Morgan fingerprint density at radius 3 is 2.21 bits per heavy atom. The Balaban J connectivity index is 1.48. The lowest BCUT2D eigenvalue weighted by Gasteiger charge is -2.17. The Labute approximate surface area is 143 Å². The topological polar surface area (TPSA) is 15.6 Å². The summed E-state index contributed by atoms with van der Waals surface area (Å²) in [5.74, 6) is 0. The fraction of sp³-hybridized carbons (Fsp3) is 0.136. The minimum atomic E-state index is 0.993. The third-order valence-electron chi connectivity index (χ3n) is 4.46. The van der Waals surface area contributed by atoms with E-state index in [-0.39, 0.29) is 0 Å². The summed E-state index contributed by atoms with van der Waals surface area (Å²) in [7, 11) is 0. The van der Waals surface area contributed by atoms with Gasteiger partial charge in [-0.25, -0.2) is 0 Å². The van der Waals surface area contributed by atoms with Crippen LogP contribution in [0.4, 0.5) is 11.4 Å². The van der Waals surface area contributed by atoms with Crippen LogP contribution in [-0.4, -0.2) is 6.21 Å². The first-order valence-electron chi connectivity index (χ1n) is 8.30. The first-order valence-corrected chi connectivity index (χ1v) is 8.30. The van der Waals surface area contributed by atoms with Gasteiger partial charge < -0.3 is 4.90 Å². The molecule has 24 heavy (non-hydrogen) atoms. The maximum absolute atomic E-state index is 4.56. The van der Waals surface area contributed by atoms with Gasteiger partial charge in [0.05, 0.1) is 5.69 Å². The van der Waals surface area contributed by atoms with Gasteiger partial charge in [0, 0.05) is 25.0 Å². The third-order valence-corrected chi connectivity index (χ3v) is 4.46. The predicted molar refractivity (Wildman–Crippen MR) is 101 cm³/mol. The maximum Gasteiger partial charge on any atom is 0.0632 e. The number of benzene rings is 3. The SMILES string of the molecule is Cc1cccc(N=Cc2ccc(N3Cc4ccccc4C3)cc2)c1. The van der Waals surface area contributed by atoms with Crippen LogP contribution in [0.25, 0.3) is 0 Å². The van der Waals surface area contributed by atoms with Crippen molar-refractivity contribution in [3.63, 3.8) is 0 Å². The van der Waals surface area contributed by atoms with Gasteiger partial charge >= 0.3 is 0 Å². The average molecular weight is 312 g/mol. The molecule has 1 aliphatic rings. The molecule has 3 aromatic carbocycles. The predicted octanol–water partition coefficient (Wildman–Crippen LogP) is 5.27. The summed E-state index contributed by atoms with van der Waals surface area (Å²) in [4.78, 5) is 6.97. The monoisotopic (exact) mass is 312 g/mol. The summed E-state index contributed by atoms with van der Waals surface area (Å²) >= 11 is 0. The minimum Gasteiger partial charge on any atom is -0.363 e. The molecule has 0 radical (unpaired) electrons. The number of nitrogens with zero attached hydrogens (tertiary/aromatic N) is 2. The van der Waals surface area contributed by atoms with Crippen molar-refractivity contribution in [2.24, 2.45) is 4.99 Å². The number of aliphatic imine (C=N–C) groups is 1. The van der Waals surface area contributed by atoms with Crippen molar-refractivity contribution < 1.29 is 0 Å². The van der Waals surface area contributed by atoms with E-state index in [4.69, 9.17) is 0 Å². The van der Waals surface area contributed by atoms with E-state index in [1.165, 1.54) is 22.4 Å². The van der Waals surface area contributed by atoms with E-state index in [0.717, 1.165) is 24.3 Å². The van der Waals surface area contributed by atoms with Crippen LogP contribution in [0.15, 0.2) is 77.8 Å². The first kappa shape index (κ1) is 14.7. The summed E-state index contributed by atoms with van der Waals surface area (Å²) in [6.45, 7) is 4.07. The quantitative estimate of drug-likeness (QED) is 0.602. The van der Waals surface area contributed by atoms with Gasteiger partial charge in [0.15, 0.2) is 0 Å². The fourth-order valence-electron chi connectivity index (χ4n) is 3.14. The summed E-state index contributed by atoms with van der Waals surface area (Å²) in [6, 6.07) is 25.6. The van der Waals surface area contributed by atoms with Gasteiger partial charge in [-0.1, -0.05) is 48.5 Å². The second-order valence-electron chi connectivity index (χ2n) is 6.31. The van der Waals surface area contributed by atoms with Crippen molar-refractivity contribution in [3.8, 4) is 0 Å². The second-order valence-corrected chi connectivity index (χ2v) is 6.31. The Hall–Kier alpha value is -2.87. The highest BCUT2D eigenvalue weighted by Crippen LogP contribution is 2.28. The largest absolute Gasteiger partial charge is 0.363 e. The number of hydrogen-bond acceptors (Lipinski definition) is 2. The number of aryl methyl sites for hydroxylation is 1. The number of hydrogen-bond donors (Lipinski definition) is 0. The van der Waals surface area contributed by atoms with Gasteiger partial charge in [-0.05, 0) is 53.4 Å². The molecular formula is C22H20N2. The third kappa shape index (κ3) is 3.09. The zero-order valence-corrected chi connectivity index (χ0v) is 13.8. The normalized spacial score (nSPS) is 13.5. The fourth-order valence-corrected chi connectivity index (χ4v) is 3.14. The number of anilines is 1. The molecule has 0 atom stereocenters. The lowest BCUT2D eigenvalue weighted by molar-refractivity contribution is 0.880. The molecular weight excluding hydrogens is 292 g/mol. The van der Waals surface area contributed by atoms with Crippen molar-refractivity contribution in [2.75, 3.05) is 4.90 Å². The van der Waals surface area contributed by atoms with Gasteiger partial charge in [0.2, 0.25) is 0 Å². The van der Waals surface area contributed by atoms with Crippen LogP contribution >= 0.6 is 0 Å². The zero-order valence-electron chi connectivity index (χ0n) is 13.8. The second kappa shape index (κ2) is 6.32. The molecule has 118 valence electrons. The van der Waals surface area contributed by atoms with E-state index in [1.54, 1.807) is 0 Å². The molecule has 1 aliphatic heterocycles.